The molecule has 1 fully saturated rings. The quantitative estimate of drug-likeness (QED) is 0.205. The summed E-state index contributed by atoms with van der Waals surface area (Å²) in [5.41, 5.74) is 1.21. The monoisotopic (exact) mass is 449 g/mol. The molecule has 1 N–H and O–H groups in total. The molecule has 1 saturated heterocycles. The topological polar surface area (TPSA) is 114 Å². The summed E-state index contributed by atoms with van der Waals surface area (Å²) in [6.07, 6.45) is 1.52. The Balaban J connectivity index is 1.94. The normalized spacial score (nSPS) is 17.6. The number of carbonyl (C=O) groups is 2. The van der Waals surface area contributed by atoms with Gasteiger partial charge in [-0.05, 0) is 48.9 Å². The van der Waals surface area contributed by atoms with E-state index in [4.69, 9.17) is 11.6 Å². The maximum Gasteiger partial charge on any atom is 0.300 e. The van der Waals surface area contributed by atoms with Gasteiger partial charge in [-0.15, -0.1) is 0 Å². The third-order valence-electron chi connectivity index (χ3n) is 5.26. The third kappa shape index (κ3) is 3.50. The summed E-state index contributed by atoms with van der Waals surface area (Å²) in [5, 5.41) is 22.4. The van der Waals surface area contributed by atoms with Gasteiger partial charge in [-0.1, -0.05) is 23.7 Å². The van der Waals surface area contributed by atoms with E-state index < -0.39 is 28.4 Å². The minimum Gasteiger partial charge on any atom is -0.507 e. The first kappa shape index (κ1) is 21.2. The van der Waals surface area contributed by atoms with Gasteiger partial charge in [-0.3, -0.25) is 29.6 Å². The fraction of sp³-hybridized carbons (Fsp3) is 0.0870. The fourth-order valence-electron chi connectivity index (χ4n) is 3.65. The number of benzene rings is 2. The van der Waals surface area contributed by atoms with Gasteiger partial charge in [-0.25, -0.2) is 0 Å². The predicted molar refractivity (Wildman–Crippen MR) is 118 cm³/mol. The second-order valence-corrected chi connectivity index (χ2v) is 7.52. The number of rotatable bonds is 4. The number of halogens is 1. The predicted octanol–water partition coefficient (Wildman–Crippen LogP) is 4.58. The van der Waals surface area contributed by atoms with Gasteiger partial charge in [0.2, 0.25) is 0 Å². The van der Waals surface area contributed by atoms with Crippen molar-refractivity contribution in [2.75, 3.05) is 4.90 Å². The molecule has 8 nitrogen and oxygen atoms in total. The molecule has 3 aromatic rings. The lowest BCUT2D eigenvalue weighted by Gasteiger charge is -2.26. The standard InChI is InChI=1S/C23H16ClN3O5/c1-13-16(24)5-4-7-18(13)26-20(17-6-2-3-12-25-17)19(22(29)23(26)30)21(28)14-8-10-15(11-9-14)27(31)32/h2-12,20,28H,1H3/b21-19+. The van der Waals surface area contributed by atoms with Gasteiger partial charge >= 0.3 is 0 Å². The van der Waals surface area contributed by atoms with Crippen molar-refractivity contribution in [2.45, 2.75) is 13.0 Å². The summed E-state index contributed by atoms with van der Waals surface area (Å²) in [5.74, 6) is -2.18. The highest BCUT2D eigenvalue weighted by Crippen LogP contribution is 2.43. The Bertz CT molecular complexity index is 1270. The van der Waals surface area contributed by atoms with Crippen LogP contribution in [0.5, 0.6) is 0 Å². The van der Waals surface area contributed by atoms with Gasteiger partial charge in [0.15, 0.2) is 0 Å². The van der Waals surface area contributed by atoms with Gasteiger partial charge in [0.1, 0.15) is 11.8 Å². The molecular formula is C23H16ClN3O5. The summed E-state index contributed by atoms with van der Waals surface area (Å²) >= 11 is 6.25. The average Bonchev–Trinajstić information content (AvgIpc) is 3.06. The van der Waals surface area contributed by atoms with E-state index in [1.165, 1.54) is 35.4 Å². The van der Waals surface area contributed by atoms with Crippen molar-refractivity contribution in [3.05, 3.63) is 104 Å². The van der Waals surface area contributed by atoms with Crippen LogP contribution in [0.25, 0.3) is 5.76 Å². The number of aromatic nitrogens is 1. The summed E-state index contributed by atoms with van der Waals surface area (Å²) in [4.78, 5) is 42.1. The van der Waals surface area contributed by atoms with E-state index in [0.717, 1.165) is 0 Å². The molecule has 1 atom stereocenters. The Morgan fingerprint density at radius 1 is 1.09 bits per heavy atom. The molecule has 0 saturated carbocycles. The number of nitro benzene ring substituents is 1. The average molecular weight is 450 g/mol. The number of amides is 1. The van der Waals surface area contributed by atoms with E-state index in [-0.39, 0.29) is 16.8 Å². The first-order valence-electron chi connectivity index (χ1n) is 9.53. The van der Waals surface area contributed by atoms with Gasteiger partial charge < -0.3 is 5.11 Å². The van der Waals surface area contributed by atoms with Crippen LogP contribution in [0.2, 0.25) is 5.02 Å². The molecule has 2 heterocycles. The van der Waals surface area contributed by atoms with Gasteiger partial charge in [0, 0.05) is 34.6 Å². The van der Waals surface area contributed by atoms with Crippen LogP contribution in [0.3, 0.4) is 0 Å². The van der Waals surface area contributed by atoms with E-state index in [2.05, 4.69) is 4.98 Å². The van der Waals surface area contributed by atoms with Gasteiger partial charge in [-0.2, -0.15) is 0 Å². The lowest BCUT2D eigenvalue weighted by atomic mass is 9.98. The molecule has 0 spiro atoms. The third-order valence-corrected chi connectivity index (χ3v) is 5.67. The summed E-state index contributed by atoms with van der Waals surface area (Å²) in [6, 6.07) is 14.1. The van der Waals surface area contributed by atoms with Crippen LogP contribution in [0, 0.1) is 17.0 Å². The number of non-ortho nitro benzene ring substituents is 1. The maximum atomic E-state index is 13.1. The number of hydrogen-bond acceptors (Lipinski definition) is 6. The number of aliphatic hydroxyl groups is 1. The van der Waals surface area contributed by atoms with Crippen molar-refractivity contribution in [3.63, 3.8) is 0 Å². The zero-order valence-corrected chi connectivity index (χ0v) is 17.5. The molecule has 1 aliphatic heterocycles. The van der Waals surface area contributed by atoms with Crippen molar-refractivity contribution < 1.29 is 19.6 Å². The van der Waals surface area contributed by atoms with Crippen LogP contribution in [-0.2, 0) is 9.59 Å². The highest BCUT2D eigenvalue weighted by molar-refractivity contribution is 6.52. The zero-order chi connectivity index (χ0) is 23.0. The Kier molecular flexibility index (Phi) is 5.46. The molecule has 1 aliphatic rings. The molecule has 0 aliphatic carbocycles. The Labute approximate surface area is 187 Å². The lowest BCUT2D eigenvalue weighted by molar-refractivity contribution is -0.384. The zero-order valence-electron chi connectivity index (χ0n) is 16.7. The molecule has 4 rings (SSSR count). The summed E-state index contributed by atoms with van der Waals surface area (Å²) in [7, 11) is 0. The number of anilines is 1. The van der Waals surface area contributed by atoms with E-state index in [1.54, 1.807) is 43.3 Å². The van der Waals surface area contributed by atoms with Crippen molar-refractivity contribution in [2.24, 2.45) is 0 Å². The molecule has 32 heavy (non-hydrogen) atoms. The molecule has 1 aromatic heterocycles. The Morgan fingerprint density at radius 2 is 1.81 bits per heavy atom. The van der Waals surface area contributed by atoms with E-state index in [1.807, 2.05) is 0 Å². The minimum atomic E-state index is -1.01. The summed E-state index contributed by atoms with van der Waals surface area (Å²) < 4.78 is 0. The first-order chi connectivity index (χ1) is 15.3. The highest BCUT2D eigenvalue weighted by Gasteiger charge is 2.48. The van der Waals surface area contributed by atoms with Crippen LogP contribution in [0.15, 0.2) is 72.4 Å². The molecule has 0 radical (unpaired) electrons. The number of nitro groups is 1. The second kappa shape index (κ2) is 8.24. The van der Waals surface area contributed by atoms with Crippen molar-refractivity contribution in [1.29, 1.82) is 0 Å². The van der Waals surface area contributed by atoms with E-state index in [9.17, 15) is 24.8 Å². The number of Topliss-reactive ketones (excluding diaryl/α,β-unsaturated/α-hetero) is 1. The lowest BCUT2D eigenvalue weighted by Crippen LogP contribution is -2.30. The largest absolute Gasteiger partial charge is 0.507 e. The summed E-state index contributed by atoms with van der Waals surface area (Å²) in [6.45, 7) is 1.72. The number of hydrogen-bond donors (Lipinski definition) is 1. The molecule has 160 valence electrons. The van der Waals surface area contributed by atoms with Crippen LogP contribution in [0.4, 0.5) is 11.4 Å². The van der Waals surface area contributed by atoms with Crippen molar-refractivity contribution >= 4 is 40.4 Å². The highest BCUT2D eigenvalue weighted by atomic mass is 35.5. The van der Waals surface area contributed by atoms with Gasteiger partial charge in [0.25, 0.3) is 17.4 Å². The number of carbonyl (C=O) groups excluding carboxylic acids is 2. The molecule has 1 unspecified atom stereocenters. The van der Waals surface area contributed by atoms with Gasteiger partial charge in [0.05, 0.1) is 16.2 Å². The molecule has 2 aromatic carbocycles. The SMILES string of the molecule is Cc1c(Cl)cccc1N1C(=O)C(=O)/C(=C(/O)c2ccc([N+](=O)[O-])cc2)C1c1ccccn1. The van der Waals surface area contributed by atoms with Crippen LogP contribution < -0.4 is 4.90 Å². The maximum absolute atomic E-state index is 13.1. The van der Waals surface area contributed by atoms with E-state index >= 15 is 0 Å². The minimum absolute atomic E-state index is 0.164. The molecule has 0 bridgehead atoms. The van der Waals surface area contributed by atoms with E-state index in [0.29, 0.717) is 22.0 Å². The number of aliphatic hydroxyl groups excluding tert-OH is 1. The molecule has 9 heteroatoms. The Hall–Kier alpha value is -4.04. The number of nitrogens with zero attached hydrogens (tertiary/aromatic N) is 3. The van der Waals surface area contributed by atoms with Crippen molar-refractivity contribution in [3.8, 4) is 0 Å². The van der Waals surface area contributed by atoms with Crippen LogP contribution in [-0.4, -0.2) is 26.7 Å². The van der Waals surface area contributed by atoms with Crippen LogP contribution >= 0.6 is 11.6 Å². The molecule has 1 amide bonds. The van der Waals surface area contributed by atoms with Crippen molar-refractivity contribution in [1.82, 2.24) is 4.98 Å². The smallest absolute Gasteiger partial charge is 0.300 e. The Morgan fingerprint density at radius 3 is 2.44 bits per heavy atom. The first-order valence-corrected chi connectivity index (χ1v) is 9.91. The second-order valence-electron chi connectivity index (χ2n) is 7.11. The number of pyridine rings is 1. The fourth-order valence-corrected chi connectivity index (χ4v) is 3.82. The number of ketones is 1. The molecular weight excluding hydrogens is 434 g/mol. The van der Waals surface area contributed by atoms with Crippen LogP contribution in [0.1, 0.15) is 22.9 Å².